The number of para-hydroxylation sites is 1. The third-order valence-electron chi connectivity index (χ3n) is 4.69. The Morgan fingerprint density at radius 2 is 1.96 bits per heavy atom. The van der Waals surface area contributed by atoms with Crippen molar-refractivity contribution in [3.63, 3.8) is 0 Å². The summed E-state index contributed by atoms with van der Waals surface area (Å²) in [4.78, 5) is 24.7. The molecule has 1 fully saturated rings. The van der Waals surface area contributed by atoms with Crippen LogP contribution in [0.25, 0.3) is 0 Å². The Morgan fingerprint density at radius 3 is 2.46 bits per heavy atom. The first kappa shape index (κ1) is 20.2. The van der Waals surface area contributed by atoms with Crippen LogP contribution in [0.2, 0.25) is 0 Å². The van der Waals surface area contributed by atoms with Crippen LogP contribution in [0.3, 0.4) is 0 Å². The molecule has 1 aliphatic rings. The molecule has 1 aromatic rings. The first-order valence-corrected chi connectivity index (χ1v) is 8.42. The number of hydrogen-bond acceptors (Lipinski definition) is 3. The van der Waals surface area contributed by atoms with Gasteiger partial charge in [-0.05, 0) is 24.0 Å². The van der Waals surface area contributed by atoms with E-state index in [9.17, 15) is 22.8 Å². The number of benzene rings is 1. The van der Waals surface area contributed by atoms with Gasteiger partial charge in [0.05, 0.1) is 18.4 Å². The second-order valence-corrected chi connectivity index (χ2v) is 7.03. The van der Waals surface area contributed by atoms with Crippen molar-refractivity contribution in [2.45, 2.75) is 32.9 Å². The van der Waals surface area contributed by atoms with Crippen molar-refractivity contribution < 1.29 is 27.9 Å². The van der Waals surface area contributed by atoms with Crippen LogP contribution in [0, 0.1) is 18.8 Å². The standard InChI is InChI=1S/C18H23F3N2O3/c1-10(2)12-6-4-5-11(3)16(12)22-15(24)9-23-7-13(17(25)26)14(8-23)18(19,20)21/h4-6,10,13-14H,7-9H2,1-3H3,(H,22,24)(H,25,26)/t13-,14-/m1/s1. The molecule has 1 amide bonds. The number of likely N-dealkylation sites (tertiary alicyclic amines) is 1. The number of carbonyl (C=O) groups excluding carboxylic acids is 1. The third kappa shape index (κ3) is 4.55. The molecule has 1 saturated heterocycles. The van der Waals surface area contributed by atoms with E-state index in [-0.39, 0.29) is 19.0 Å². The molecule has 0 unspecified atom stereocenters. The van der Waals surface area contributed by atoms with E-state index >= 15 is 0 Å². The van der Waals surface area contributed by atoms with E-state index in [4.69, 9.17) is 5.11 Å². The minimum absolute atomic E-state index is 0.169. The molecule has 26 heavy (non-hydrogen) atoms. The number of aliphatic carboxylic acids is 1. The zero-order valence-corrected chi connectivity index (χ0v) is 14.9. The highest BCUT2D eigenvalue weighted by Crippen LogP contribution is 2.37. The van der Waals surface area contributed by atoms with E-state index in [2.05, 4.69) is 5.32 Å². The summed E-state index contributed by atoms with van der Waals surface area (Å²) in [6.07, 6.45) is -4.60. The molecule has 0 spiro atoms. The highest BCUT2D eigenvalue weighted by atomic mass is 19.4. The van der Waals surface area contributed by atoms with E-state index < -0.39 is 36.4 Å². The predicted octanol–water partition coefficient (Wildman–Crippen LogP) is 3.25. The number of rotatable bonds is 5. The Kier molecular flexibility index (Phi) is 5.95. The van der Waals surface area contributed by atoms with Crippen LogP contribution in [0.1, 0.15) is 30.9 Å². The van der Waals surface area contributed by atoms with Gasteiger partial charge < -0.3 is 10.4 Å². The Hall–Kier alpha value is -2.09. The summed E-state index contributed by atoms with van der Waals surface area (Å²) >= 11 is 0. The van der Waals surface area contributed by atoms with Crippen LogP contribution in [0.4, 0.5) is 18.9 Å². The van der Waals surface area contributed by atoms with E-state index in [0.29, 0.717) is 5.69 Å². The zero-order chi connectivity index (χ0) is 19.6. The van der Waals surface area contributed by atoms with Crippen LogP contribution in [0.15, 0.2) is 18.2 Å². The van der Waals surface area contributed by atoms with Crippen LogP contribution in [0.5, 0.6) is 0 Å². The number of halogens is 3. The third-order valence-corrected chi connectivity index (χ3v) is 4.69. The topological polar surface area (TPSA) is 69.6 Å². The van der Waals surface area contributed by atoms with Gasteiger partial charge in [-0.1, -0.05) is 32.0 Å². The lowest BCUT2D eigenvalue weighted by Crippen LogP contribution is -2.34. The summed E-state index contributed by atoms with van der Waals surface area (Å²) in [5.74, 6) is -5.28. The Labute approximate surface area is 150 Å². The summed E-state index contributed by atoms with van der Waals surface area (Å²) in [6, 6.07) is 5.62. The molecule has 2 atom stereocenters. The fourth-order valence-corrected chi connectivity index (χ4v) is 3.32. The summed E-state index contributed by atoms with van der Waals surface area (Å²) < 4.78 is 39.1. The van der Waals surface area contributed by atoms with Crippen molar-refractivity contribution in [2.24, 2.45) is 11.8 Å². The van der Waals surface area contributed by atoms with Crippen molar-refractivity contribution in [2.75, 3.05) is 25.0 Å². The maximum absolute atomic E-state index is 13.0. The van der Waals surface area contributed by atoms with Gasteiger partial charge in [-0.15, -0.1) is 0 Å². The maximum atomic E-state index is 13.0. The summed E-state index contributed by atoms with van der Waals surface area (Å²) in [5.41, 5.74) is 2.47. The van der Waals surface area contributed by atoms with Gasteiger partial charge in [-0.2, -0.15) is 13.2 Å². The molecule has 0 radical (unpaired) electrons. The number of alkyl halides is 3. The van der Waals surface area contributed by atoms with E-state index in [1.807, 2.05) is 39.0 Å². The predicted molar refractivity (Wildman–Crippen MR) is 91.0 cm³/mol. The average Bonchev–Trinajstić information content (AvgIpc) is 2.93. The molecule has 2 rings (SSSR count). The molecular weight excluding hydrogens is 349 g/mol. The summed E-state index contributed by atoms with van der Waals surface area (Å²) in [7, 11) is 0. The van der Waals surface area contributed by atoms with Gasteiger partial charge in [-0.25, -0.2) is 0 Å². The Bertz CT molecular complexity index is 689. The minimum atomic E-state index is -4.60. The molecular formula is C18H23F3N2O3. The van der Waals surface area contributed by atoms with Gasteiger partial charge in [0.25, 0.3) is 0 Å². The van der Waals surface area contributed by atoms with Crippen molar-refractivity contribution in [3.8, 4) is 0 Å². The first-order valence-electron chi connectivity index (χ1n) is 8.42. The Balaban J connectivity index is 2.09. The van der Waals surface area contributed by atoms with Crippen molar-refractivity contribution in [1.82, 2.24) is 4.90 Å². The number of nitrogens with one attached hydrogen (secondary N) is 1. The van der Waals surface area contributed by atoms with Gasteiger partial charge in [0.15, 0.2) is 0 Å². The number of carboxylic acid groups (broad SMARTS) is 1. The van der Waals surface area contributed by atoms with Crippen LogP contribution in [-0.2, 0) is 9.59 Å². The number of aryl methyl sites for hydroxylation is 1. The molecule has 8 heteroatoms. The first-order chi connectivity index (χ1) is 12.0. The molecule has 0 saturated carbocycles. The SMILES string of the molecule is Cc1cccc(C(C)C)c1NC(=O)CN1C[C@@H](C(F)(F)F)[C@H](C(=O)O)C1. The van der Waals surface area contributed by atoms with Gasteiger partial charge in [0.1, 0.15) is 0 Å². The molecule has 0 bridgehead atoms. The van der Waals surface area contributed by atoms with E-state index in [0.717, 1.165) is 11.1 Å². The number of carboxylic acids is 1. The van der Waals surface area contributed by atoms with E-state index in [1.54, 1.807) is 0 Å². The fourth-order valence-electron chi connectivity index (χ4n) is 3.32. The van der Waals surface area contributed by atoms with Crippen molar-refractivity contribution in [3.05, 3.63) is 29.3 Å². The summed E-state index contributed by atoms with van der Waals surface area (Å²) in [5, 5.41) is 11.8. The number of nitrogens with zero attached hydrogens (tertiary/aromatic N) is 1. The lowest BCUT2D eigenvalue weighted by molar-refractivity contribution is -0.188. The number of amides is 1. The zero-order valence-electron chi connectivity index (χ0n) is 14.9. The molecule has 1 aromatic carbocycles. The monoisotopic (exact) mass is 372 g/mol. The second kappa shape index (κ2) is 7.65. The fraction of sp³-hybridized carbons (Fsp3) is 0.556. The van der Waals surface area contributed by atoms with Gasteiger partial charge in [0.2, 0.25) is 5.91 Å². The number of anilines is 1. The Morgan fingerprint density at radius 1 is 1.31 bits per heavy atom. The van der Waals surface area contributed by atoms with Gasteiger partial charge in [-0.3, -0.25) is 14.5 Å². The highest BCUT2D eigenvalue weighted by Gasteiger charge is 2.52. The largest absolute Gasteiger partial charge is 0.481 e. The molecule has 1 aliphatic heterocycles. The smallest absolute Gasteiger partial charge is 0.393 e. The molecule has 2 N–H and O–H groups in total. The summed E-state index contributed by atoms with van der Waals surface area (Å²) in [6.45, 7) is 4.75. The average molecular weight is 372 g/mol. The maximum Gasteiger partial charge on any atom is 0.393 e. The molecule has 5 nitrogen and oxygen atoms in total. The number of hydrogen-bond donors (Lipinski definition) is 2. The van der Waals surface area contributed by atoms with Crippen LogP contribution in [-0.4, -0.2) is 47.7 Å². The number of carbonyl (C=O) groups is 2. The van der Waals surface area contributed by atoms with Crippen LogP contribution >= 0.6 is 0 Å². The highest BCUT2D eigenvalue weighted by molar-refractivity contribution is 5.94. The van der Waals surface area contributed by atoms with Gasteiger partial charge in [0, 0.05) is 18.8 Å². The van der Waals surface area contributed by atoms with Crippen LogP contribution < -0.4 is 5.32 Å². The minimum Gasteiger partial charge on any atom is -0.481 e. The second-order valence-electron chi connectivity index (χ2n) is 7.03. The normalized spacial score (nSPS) is 21.2. The molecule has 144 valence electrons. The lowest BCUT2D eigenvalue weighted by Gasteiger charge is -2.20. The van der Waals surface area contributed by atoms with Crippen molar-refractivity contribution in [1.29, 1.82) is 0 Å². The van der Waals surface area contributed by atoms with Crippen molar-refractivity contribution >= 4 is 17.6 Å². The molecule has 1 heterocycles. The molecule has 0 aromatic heterocycles. The van der Waals surface area contributed by atoms with Gasteiger partial charge >= 0.3 is 12.1 Å². The quantitative estimate of drug-likeness (QED) is 0.833. The molecule has 0 aliphatic carbocycles. The van der Waals surface area contributed by atoms with E-state index in [1.165, 1.54) is 4.90 Å². The lowest BCUT2D eigenvalue weighted by atomic mass is 9.96.